The normalized spacial score (nSPS) is 14.4. The predicted octanol–water partition coefficient (Wildman–Crippen LogP) is 3.80. The molecule has 0 saturated heterocycles. The molecule has 0 fully saturated rings. The lowest BCUT2D eigenvalue weighted by molar-refractivity contribution is 0.207. The summed E-state index contributed by atoms with van der Waals surface area (Å²) in [6.45, 7) is 4.48. The summed E-state index contributed by atoms with van der Waals surface area (Å²) in [6, 6.07) is 12.9. The number of aliphatic hydroxyl groups is 1. The largest absolute Gasteiger partial charge is 0.395 e. The van der Waals surface area contributed by atoms with Crippen LogP contribution in [0.4, 0.5) is 0 Å². The second kappa shape index (κ2) is 5.68. The van der Waals surface area contributed by atoms with Gasteiger partial charge in [0.2, 0.25) is 0 Å². The summed E-state index contributed by atoms with van der Waals surface area (Å²) >= 11 is 1.72. The zero-order chi connectivity index (χ0) is 13.0. The molecule has 1 atom stereocenters. The first-order valence-electron chi connectivity index (χ1n) is 6.40. The maximum atomic E-state index is 9.73. The van der Waals surface area contributed by atoms with Gasteiger partial charge in [0.05, 0.1) is 6.61 Å². The highest BCUT2D eigenvalue weighted by Crippen LogP contribution is 2.31. The number of thiophene rings is 1. The molecule has 0 aliphatic carbocycles. The molecule has 1 nitrogen and oxygen atoms in total. The van der Waals surface area contributed by atoms with Crippen LogP contribution < -0.4 is 0 Å². The highest BCUT2D eigenvalue weighted by molar-refractivity contribution is 7.10. The van der Waals surface area contributed by atoms with Crippen LogP contribution in [0.5, 0.6) is 0 Å². The van der Waals surface area contributed by atoms with E-state index in [0.29, 0.717) is 0 Å². The molecule has 0 aliphatic heterocycles. The van der Waals surface area contributed by atoms with Crippen molar-refractivity contribution in [2.24, 2.45) is 0 Å². The SMILES string of the molecule is CCc1ccc(CC(C)(CO)c2cccs2)cc1. The van der Waals surface area contributed by atoms with Crippen molar-refractivity contribution in [1.82, 2.24) is 0 Å². The highest BCUT2D eigenvalue weighted by atomic mass is 32.1. The molecule has 1 N–H and O–H groups in total. The van der Waals surface area contributed by atoms with Gasteiger partial charge in [0, 0.05) is 10.3 Å². The second-order valence-corrected chi connectivity index (χ2v) is 5.99. The van der Waals surface area contributed by atoms with E-state index in [4.69, 9.17) is 0 Å². The predicted molar refractivity (Wildman–Crippen MR) is 78.3 cm³/mol. The molecule has 1 unspecified atom stereocenters. The van der Waals surface area contributed by atoms with E-state index in [1.807, 2.05) is 6.07 Å². The van der Waals surface area contributed by atoms with Gasteiger partial charge >= 0.3 is 0 Å². The Kier molecular flexibility index (Phi) is 4.20. The minimum Gasteiger partial charge on any atom is -0.395 e. The van der Waals surface area contributed by atoms with Gasteiger partial charge < -0.3 is 5.11 Å². The Morgan fingerprint density at radius 3 is 2.28 bits per heavy atom. The number of aliphatic hydroxyl groups excluding tert-OH is 1. The van der Waals surface area contributed by atoms with Crippen LogP contribution in [0.2, 0.25) is 0 Å². The van der Waals surface area contributed by atoms with E-state index in [1.54, 1.807) is 11.3 Å². The van der Waals surface area contributed by atoms with E-state index in [-0.39, 0.29) is 12.0 Å². The van der Waals surface area contributed by atoms with E-state index in [2.05, 4.69) is 49.6 Å². The summed E-state index contributed by atoms with van der Waals surface area (Å²) < 4.78 is 0. The third kappa shape index (κ3) is 2.82. The molecule has 0 amide bonds. The molecule has 1 aromatic carbocycles. The van der Waals surface area contributed by atoms with Crippen molar-refractivity contribution in [3.05, 3.63) is 57.8 Å². The summed E-state index contributed by atoms with van der Waals surface area (Å²) in [5, 5.41) is 11.8. The van der Waals surface area contributed by atoms with Crippen LogP contribution in [-0.4, -0.2) is 11.7 Å². The van der Waals surface area contributed by atoms with Crippen LogP contribution in [0.1, 0.15) is 29.9 Å². The maximum absolute atomic E-state index is 9.73. The Balaban J connectivity index is 2.19. The van der Waals surface area contributed by atoms with E-state index >= 15 is 0 Å². The molecule has 96 valence electrons. The minimum atomic E-state index is -0.165. The third-order valence-electron chi connectivity index (χ3n) is 3.49. The van der Waals surface area contributed by atoms with E-state index in [0.717, 1.165) is 12.8 Å². The van der Waals surface area contributed by atoms with Crippen molar-refractivity contribution in [2.45, 2.75) is 32.1 Å². The Labute approximate surface area is 113 Å². The summed E-state index contributed by atoms with van der Waals surface area (Å²) in [5.74, 6) is 0. The van der Waals surface area contributed by atoms with Crippen molar-refractivity contribution in [3.8, 4) is 0 Å². The summed E-state index contributed by atoms with van der Waals surface area (Å²) in [6.07, 6.45) is 1.95. The maximum Gasteiger partial charge on any atom is 0.0536 e. The molecule has 2 rings (SSSR count). The number of benzene rings is 1. The number of hydrogen-bond donors (Lipinski definition) is 1. The van der Waals surface area contributed by atoms with Crippen LogP contribution in [0.3, 0.4) is 0 Å². The molecule has 0 aliphatic rings. The fourth-order valence-electron chi connectivity index (χ4n) is 2.19. The van der Waals surface area contributed by atoms with Gasteiger partial charge in [0.15, 0.2) is 0 Å². The van der Waals surface area contributed by atoms with Gasteiger partial charge in [-0.25, -0.2) is 0 Å². The van der Waals surface area contributed by atoms with Crippen molar-refractivity contribution in [1.29, 1.82) is 0 Å². The number of hydrogen-bond acceptors (Lipinski definition) is 2. The van der Waals surface area contributed by atoms with Crippen LogP contribution >= 0.6 is 11.3 Å². The molecule has 2 aromatic rings. The van der Waals surface area contributed by atoms with Crippen LogP contribution in [0, 0.1) is 0 Å². The first kappa shape index (κ1) is 13.3. The summed E-state index contributed by atoms with van der Waals surface area (Å²) in [5.41, 5.74) is 2.49. The number of rotatable bonds is 5. The molecule has 0 saturated carbocycles. The lowest BCUT2D eigenvalue weighted by Crippen LogP contribution is -2.28. The smallest absolute Gasteiger partial charge is 0.0536 e. The monoisotopic (exact) mass is 260 g/mol. The van der Waals surface area contributed by atoms with Crippen molar-refractivity contribution in [2.75, 3.05) is 6.61 Å². The van der Waals surface area contributed by atoms with Crippen LogP contribution in [0.25, 0.3) is 0 Å². The van der Waals surface area contributed by atoms with E-state index in [9.17, 15) is 5.11 Å². The molecule has 2 heteroatoms. The van der Waals surface area contributed by atoms with Crippen LogP contribution in [-0.2, 0) is 18.3 Å². The van der Waals surface area contributed by atoms with Crippen molar-refractivity contribution >= 4 is 11.3 Å². The zero-order valence-corrected chi connectivity index (χ0v) is 11.8. The van der Waals surface area contributed by atoms with Gasteiger partial charge in [-0.3, -0.25) is 0 Å². The fourth-order valence-corrected chi connectivity index (χ4v) is 3.07. The molecule has 0 spiro atoms. The number of aryl methyl sites for hydroxylation is 1. The Bertz CT molecular complexity index is 472. The minimum absolute atomic E-state index is 0.165. The van der Waals surface area contributed by atoms with Gasteiger partial charge in [-0.05, 0) is 35.4 Å². The third-order valence-corrected chi connectivity index (χ3v) is 4.67. The summed E-state index contributed by atoms with van der Waals surface area (Å²) in [4.78, 5) is 1.25. The fraction of sp³-hybridized carbons (Fsp3) is 0.375. The lowest BCUT2D eigenvalue weighted by atomic mass is 9.83. The summed E-state index contributed by atoms with van der Waals surface area (Å²) in [7, 11) is 0. The second-order valence-electron chi connectivity index (χ2n) is 5.04. The van der Waals surface area contributed by atoms with E-state index in [1.165, 1.54) is 16.0 Å². The standard InChI is InChI=1S/C16H20OS/c1-3-13-6-8-14(9-7-13)11-16(2,12-17)15-5-4-10-18-15/h4-10,17H,3,11-12H2,1-2H3. The van der Waals surface area contributed by atoms with Crippen LogP contribution in [0.15, 0.2) is 41.8 Å². The quantitative estimate of drug-likeness (QED) is 0.867. The molecule has 1 heterocycles. The average Bonchev–Trinajstić information content (AvgIpc) is 2.94. The molecule has 0 bridgehead atoms. The molecule has 0 radical (unpaired) electrons. The van der Waals surface area contributed by atoms with Crippen molar-refractivity contribution < 1.29 is 5.11 Å². The molecule has 18 heavy (non-hydrogen) atoms. The molecule has 1 aromatic heterocycles. The van der Waals surface area contributed by atoms with Crippen molar-refractivity contribution in [3.63, 3.8) is 0 Å². The topological polar surface area (TPSA) is 20.2 Å². The zero-order valence-electron chi connectivity index (χ0n) is 11.0. The Morgan fingerprint density at radius 2 is 1.78 bits per heavy atom. The van der Waals surface area contributed by atoms with E-state index < -0.39 is 0 Å². The lowest BCUT2D eigenvalue weighted by Gasteiger charge is -2.26. The van der Waals surface area contributed by atoms with Gasteiger partial charge in [-0.2, -0.15) is 0 Å². The average molecular weight is 260 g/mol. The van der Waals surface area contributed by atoms with Gasteiger partial charge in [-0.15, -0.1) is 11.3 Å². The van der Waals surface area contributed by atoms with Gasteiger partial charge in [-0.1, -0.05) is 44.2 Å². The first-order valence-corrected chi connectivity index (χ1v) is 7.28. The first-order chi connectivity index (χ1) is 8.68. The Morgan fingerprint density at radius 1 is 1.11 bits per heavy atom. The van der Waals surface area contributed by atoms with Gasteiger partial charge in [0.1, 0.15) is 0 Å². The molecular formula is C16H20OS. The Hall–Kier alpha value is -1.12. The molecular weight excluding hydrogens is 240 g/mol. The van der Waals surface area contributed by atoms with Gasteiger partial charge in [0.25, 0.3) is 0 Å². The highest BCUT2D eigenvalue weighted by Gasteiger charge is 2.27.